The Kier molecular flexibility index (Phi) is 7.60. The molecule has 1 fully saturated rings. The highest BCUT2D eigenvalue weighted by Gasteiger charge is 2.24. The molecule has 0 heterocycles. The first-order valence-electron chi connectivity index (χ1n) is 10.1. The quantitative estimate of drug-likeness (QED) is 0.476. The van der Waals surface area contributed by atoms with Crippen molar-refractivity contribution in [2.24, 2.45) is 11.8 Å². The summed E-state index contributed by atoms with van der Waals surface area (Å²) in [6.07, 6.45) is 4.48. The summed E-state index contributed by atoms with van der Waals surface area (Å²) in [5.74, 6) is 0.646. The maximum absolute atomic E-state index is 12.2. The van der Waals surface area contributed by atoms with Gasteiger partial charge in [0.2, 0.25) is 0 Å². The number of esters is 2. The molecule has 0 amide bonds. The Bertz CT molecular complexity index is 848. The first-order valence-corrected chi connectivity index (χ1v) is 10.1. The van der Waals surface area contributed by atoms with Crippen LogP contribution >= 0.6 is 0 Å². The molecule has 0 N–H and O–H groups in total. The predicted octanol–water partition coefficient (Wildman–Crippen LogP) is 4.33. The average molecular weight is 410 g/mol. The first kappa shape index (κ1) is 21.6. The standard InChI is InChI=1S/C24H26O6/c1-28-22-12-10-21(11-13-22)24(27)30-16-19-4-2-18(3-5-19)15-29-23(26)20-8-6-17(14-25)7-9-20/h6-14,18-19H,2-5,15-16H2,1H3. The van der Waals surface area contributed by atoms with Gasteiger partial charge in [0, 0.05) is 5.56 Å². The third-order valence-electron chi connectivity index (χ3n) is 5.47. The molecular formula is C24H26O6. The Morgan fingerprint density at radius 1 is 0.800 bits per heavy atom. The minimum absolute atomic E-state index is 0.316. The molecule has 1 aliphatic carbocycles. The van der Waals surface area contributed by atoms with Gasteiger partial charge < -0.3 is 14.2 Å². The van der Waals surface area contributed by atoms with Crippen LogP contribution in [0.25, 0.3) is 0 Å². The van der Waals surface area contributed by atoms with Gasteiger partial charge in [-0.3, -0.25) is 4.79 Å². The second-order valence-electron chi connectivity index (χ2n) is 7.55. The summed E-state index contributed by atoms with van der Waals surface area (Å²) in [5, 5.41) is 0. The van der Waals surface area contributed by atoms with Gasteiger partial charge in [0.15, 0.2) is 0 Å². The van der Waals surface area contributed by atoms with E-state index in [1.165, 1.54) is 0 Å². The number of aldehydes is 1. The molecule has 1 aliphatic rings. The molecule has 6 heteroatoms. The number of benzene rings is 2. The molecule has 1 saturated carbocycles. The number of carbonyl (C=O) groups excluding carboxylic acids is 3. The largest absolute Gasteiger partial charge is 0.497 e. The van der Waals surface area contributed by atoms with Crippen LogP contribution in [0.2, 0.25) is 0 Å². The summed E-state index contributed by atoms with van der Waals surface area (Å²) in [6.45, 7) is 0.785. The highest BCUT2D eigenvalue weighted by atomic mass is 16.5. The lowest BCUT2D eigenvalue weighted by Gasteiger charge is -2.27. The molecule has 0 unspecified atom stereocenters. The lowest BCUT2D eigenvalue weighted by molar-refractivity contribution is 0.0297. The number of hydrogen-bond donors (Lipinski definition) is 0. The monoisotopic (exact) mass is 410 g/mol. The Morgan fingerprint density at radius 2 is 1.23 bits per heavy atom. The van der Waals surface area contributed by atoms with Crippen molar-refractivity contribution < 1.29 is 28.6 Å². The van der Waals surface area contributed by atoms with Crippen molar-refractivity contribution in [2.45, 2.75) is 25.7 Å². The summed E-state index contributed by atoms with van der Waals surface area (Å²) in [5.41, 5.74) is 1.48. The minimum Gasteiger partial charge on any atom is -0.497 e. The maximum atomic E-state index is 12.2. The van der Waals surface area contributed by atoms with E-state index in [0.717, 1.165) is 32.0 Å². The summed E-state index contributed by atoms with van der Waals surface area (Å²) in [7, 11) is 1.58. The van der Waals surface area contributed by atoms with Gasteiger partial charge in [-0.2, -0.15) is 0 Å². The van der Waals surface area contributed by atoms with Crippen LogP contribution in [0.5, 0.6) is 5.75 Å². The van der Waals surface area contributed by atoms with Crippen molar-refractivity contribution in [3.63, 3.8) is 0 Å². The molecule has 0 saturated heterocycles. The number of hydrogen-bond acceptors (Lipinski definition) is 6. The van der Waals surface area contributed by atoms with E-state index < -0.39 is 0 Å². The molecule has 0 radical (unpaired) electrons. The van der Waals surface area contributed by atoms with E-state index in [4.69, 9.17) is 14.2 Å². The normalized spacial score (nSPS) is 18.3. The van der Waals surface area contributed by atoms with E-state index in [1.54, 1.807) is 55.6 Å². The van der Waals surface area contributed by atoms with Crippen molar-refractivity contribution in [2.75, 3.05) is 20.3 Å². The third kappa shape index (κ3) is 5.92. The van der Waals surface area contributed by atoms with E-state index in [2.05, 4.69) is 0 Å². The van der Waals surface area contributed by atoms with Gasteiger partial charge in [-0.05, 0) is 73.9 Å². The molecule has 0 bridgehead atoms. The Morgan fingerprint density at radius 3 is 1.63 bits per heavy atom. The molecule has 2 aromatic rings. The Labute approximate surface area is 176 Å². The maximum Gasteiger partial charge on any atom is 0.338 e. The van der Waals surface area contributed by atoms with E-state index >= 15 is 0 Å². The molecule has 0 aromatic heterocycles. The van der Waals surface area contributed by atoms with Crippen molar-refractivity contribution in [3.05, 3.63) is 65.2 Å². The SMILES string of the molecule is COc1ccc(C(=O)OCC2CCC(COC(=O)c3ccc(C=O)cc3)CC2)cc1. The molecule has 0 spiro atoms. The van der Waals surface area contributed by atoms with Gasteiger partial charge in [0.25, 0.3) is 0 Å². The summed E-state index contributed by atoms with van der Waals surface area (Å²) >= 11 is 0. The van der Waals surface area contributed by atoms with Crippen LogP contribution in [-0.4, -0.2) is 38.5 Å². The summed E-state index contributed by atoms with van der Waals surface area (Å²) < 4.78 is 16.0. The average Bonchev–Trinajstić information content (AvgIpc) is 2.81. The van der Waals surface area contributed by atoms with Gasteiger partial charge in [-0.1, -0.05) is 12.1 Å². The molecule has 3 rings (SSSR count). The number of carbonyl (C=O) groups is 3. The molecule has 30 heavy (non-hydrogen) atoms. The Hall–Kier alpha value is -3.15. The van der Waals surface area contributed by atoms with Gasteiger partial charge in [0.1, 0.15) is 12.0 Å². The highest BCUT2D eigenvalue weighted by molar-refractivity contribution is 5.90. The number of methoxy groups -OCH3 is 1. The zero-order valence-corrected chi connectivity index (χ0v) is 17.0. The van der Waals surface area contributed by atoms with Gasteiger partial charge in [-0.25, -0.2) is 9.59 Å². The topological polar surface area (TPSA) is 78.9 Å². The van der Waals surface area contributed by atoms with Gasteiger partial charge in [0.05, 0.1) is 31.5 Å². The second-order valence-corrected chi connectivity index (χ2v) is 7.55. The van der Waals surface area contributed by atoms with Crippen LogP contribution in [0.1, 0.15) is 56.8 Å². The zero-order chi connectivity index (χ0) is 21.3. The molecule has 158 valence electrons. The zero-order valence-electron chi connectivity index (χ0n) is 17.0. The van der Waals surface area contributed by atoms with Crippen LogP contribution in [0, 0.1) is 11.8 Å². The Balaban J connectivity index is 1.36. The predicted molar refractivity (Wildman–Crippen MR) is 111 cm³/mol. The fraction of sp³-hybridized carbons (Fsp3) is 0.375. The van der Waals surface area contributed by atoms with Crippen LogP contribution < -0.4 is 4.74 Å². The highest BCUT2D eigenvalue weighted by Crippen LogP contribution is 2.29. The smallest absolute Gasteiger partial charge is 0.338 e. The fourth-order valence-electron chi connectivity index (χ4n) is 3.54. The molecular weight excluding hydrogens is 384 g/mol. The molecule has 6 nitrogen and oxygen atoms in total. The van der Waals surface area contributed by atoms with Crippen molar-refractivity contribution in [3.8, 4) is 5.75 Å². The van der Waals surface area contributed by atoms with E-state index in [9.17, 15) is 14.4 Å². The molecule has 0 aliphatic heterocycles. The van der Waals surface area contributed by atoms with Gasteiger partial charge in [-0.15, -0.1) is 0 Å². The van der Waals surface area contributed by atoms with E-state index in [-0.39, 0.29) is 11.9 Å². The fourth-order valence-corrected chi connectivity index (χ4v) is 3.54. The number of rotatable bonds is 8. The summed E-state index contributed by atoms with van der Waals surface area (Å²) in [6, 6.07) is 13.3. The van der Waals surface area contributed by atoms with Gasteiger partial charge >= 0.3 is 11.9 Å². The van der Waals surface area contributed by atoms with E-state index in [1.807, 2.05) is 0 Å². The lowest BCUT2D eigenvalue weighted by Crippen LogP contribution is -2.24. The molecule has 0 atom stereocenters. The molecule has 2 aromatic carbocycles. The van der Waals surface area contributed by atoms with Crippen molar-refractivity contribution in [1.29, 1.82) is 0 Å². The van der Waals surface area contributed by atoms with Crippen LogP contribution in [-0.2, 0) is 9.47 Å². The van der Waals surface area contributed by atoms with Crippen molar-refractivity contribution >= 4 is 18.2 Å². The number of ether oxygens (including phenoxy) is 3. The minimum atomic E-state index is -0.372. The van der Waals surface area contributed by atoms with Crippen molar-refractivity contribution in [1.82, 2.24) is 0 Å². The summed E-state index contributed by atoms with van der Waals surface area (Å²) in [4.78, 5) is 35.0. The third-order valence-corrected chi connectivity index (χ3v) is 5.47. The van der Waals surface area contributed by atoms with Crippen LogP contribution in [0.15, 0.2) is 48.5 Å². The van der Waals surface area contributed by atoms with E-state index in [0.29, 0.717) is 47.5 Å². The second kappa shape index (κ2) is 10.6. The lowest BCUT2D eigenvalue weighted by atomic mass is 9.83. The van der Waals surface area contributed by atoms with Crippen LogP contribution in [0.4, 0.5) is 0 Å². The first-order chi connectivity index (χ1) is 14.6. The van der Waals surface area contributed by atoms with Crippen LogP contribution in [0.3, 0.4) is 0 Å².